The number of carbonyl (C=O) groups excluding carboxylic acids is 2. The SMILES string of the molecule is COC1=Cc2c(ccnc2C(=O)CCCCC=O)CC1(OC)c1ccc(OC)c(OC)c1. The van der Waals surface area contributed by atoms with Gasteiger partial charge in [-0.05, 0) is 48.2 Å². The number of ketones is 1. The lowest BCUT2D eigenvalue weighted by Gasteiger charge is -2.38. The Hall–Kier alpha value is -3.19. The van der Waals surface area contributed by atoms with Gasteiger partial charge in [0.1, 0.15) is 17.7 Å². The average Bonchev–Trinajstić information content (AvgIpc) is 2.84. The Morgan fingerprint density at radius 3 is 2.50 bits per heavy atom. The molecule has 1 atom stereocenters. The van der Waals surface area contributed by atoms with Gasteiger partial charge in [0, 0.05) is 38.1 Å². The molecule has 2 aromatic rings. The normalized spacial score (nSPS) is 17.2. The Labute approximate surface area is 188 Å². The second-order valence-corrected chi connectivity index (χ2v) is 7.56. The number of carbonyl (C=O) groups is 2. The van der Waals surface area contributed by atoms with Gasteiger partial charge in [0.25, 0.3) is 0 Å². The van der Waals surface area contributed by atoms with Crippen LogP contribution in [0.2, 0.25) is 0 Å². The first kappa shape index (κ1) is 23.5. The third-order valence-corrected chi connectivity index (χ3v) is 5.85. The van der Waals surface area contributed by atoms with Gasteiger partial charge >= 0.3 is 0 Å². The van der Waals surface area contributed by atoms with Gasteiger partial charge in [0.05, 0.1) is 21.3 Å². The summed E-state index contributed by atoms with van der Waals surface area (Å²) in [7, 11) is 6.39. The highest BCUT2D eigenvalue weighted by Crippen LogP contribution is 2.45. The highest BCUT2D eigenvalue weighted by Gasteiger charge is 2.42. The van der Waals surface area contributed by atoms with Crippen molar-refractivity contribution >= 4 is 18.1 Å². The first-order chi connectivity index (χ1) is 15.5. The van der Waals surface area contributed by atoms with Crippen LogP contribution in [0.5, 0.6) is 11.5 Å². The van der Waals surface area contributed by atoms with E-state index in [4.69, 9.17) is 18.9 Å². The van der Waals surface area contributed by atoms with Gasteiger partial charge < -0.3 is 23.7 Å². The number of hydrogen-bond donors (Lipinski definition) is 0. The molecule has 1 aromatic heterocycles. The number of benzene rings is 1. The standard InChI is InChI=1S/C25H29NO6/c1-29-21-10-9-18(14-22(21)30-2)25(32-4)16-17-11-12-26-24(19(17)15-23(25)31-3)20(28)8-6-5-7-13-27/h9-15H,5-8,16H2,1-4H3. The number of aldehydes is 1. The highest BCUT2D eigenvalue weighted by molar-refractivity contribution is 5.98. The molecule has 0 spiro atoms. The maximum atomic E-state index is 12.8. The van der Waals surface area contributed by atoms with Crippen molar-refractivity contribution in [2.75, 3.05) is 28.4 Å². The van der Waals surface area contributed by atoms with Crippen molar-refractivity contribution < 1.29 is 28.5 Å². The van der Waals surface area contributed by atoms with Gasteiger partial charge in [0.15, 0.2) is 22.9 Å². The van der Waals surface area contributed by atoms with Crippen molar-refractivity contribution in [3.63, 3.8) is 0 Å². The summed E-state index contributed by atoms with van der Waals surface area (Å²) in [5.74, 6) is 1.73. The third kappa shape index (κ3) is 4.39. The molecule has 1 heterocycles. The maximum Gasteiger partial charge on any atom is 0.181 e. The summed E-state index contributed by atoms with van der Waals surface area (Å²) in [5.41, 5.74) is 2.05. The van der Waals surface area contributed by atoms with Crippen molar-refractivity contribution in [2.45, 2.75) is 37.7 Å². The Morgan fingerprint density at radius 1 is 1.06 bits per heavy atom. The van der Waals surface area contributed by atoms with Crippen LogP contribution in [0.3, 0.4) is 0 Å². The van der Waals surface area contributed by atoms with Crippen molar-refractivity contribution in [1.82, 2.24) is 4.98 Å². The van der Waals surface area contributed by atoms with Crippen LogP contribution in [0.1, 0.15) is 52.9 Å². The van der Waals surface area contributed by atoms with Crippen LogP contribution in [0.15, 0.2) is 36.2 Å². The number of pyridine rings is 1. The average molecular weight is 440 g/mol. The largest absolute Gasteiger partial charge is 0.498 e. The monoisotopic (exact) mass is 439 g/mol. The minimum Gasteiger partial charge on any atom is -0.498 e. The van der Waals surface area contributed by atoms with E-state index in [9.17, 15) is 9.59 Å². The molecule has 0 bridgehead atoms. The Balaban J connectivity index is 2.03. The molecule has 0 fully saturated rings. The van der Waals surface area contributed by atoms with E-state index in [0.717, 1.165) is 23.0 Å². The lowest BCUT2D eigenvalue weighted by atomic mass is 9.78. The van der Waals surface area contributed by atoms with Gasteiger partial charge in [-0.1, -0.05) is 6.07 Å². The van der Waals surface area contributed by atoms with Gasteiger partial charge in [-0.15, -0.1) is 0 Å². The molecule has 7 nitrogen and oxygen atoms in total. The van der Waals surface area contributed by atoms with Crippen LogP contribution < -0.4 is 9.47 Å². The second-order valence-electron chi connectivity index (χ2n) is 7.56. The van der Waals surface area contributed by atoms with Crippen LogP contribution in [-0.4, -0.2) is 45.5 Å². The molecule has 1 unspecified atom stereocenters. The zero-order chi connectivity index (χ0) is 23.1. The highest BCUT2D eigenvalue weighted by atomic mass is 16.5. The lowest BCUT2D eigenvalue weighted by molar-refractivity contribution is -0.107. The smallest absolute Gasteiger partial charge is 0.181 e. The van der Waals surface area contributed by atoms with Crippen LogP contribution >= 0.6 is 0 Å². The molecule has 1 aromatic carbocycles. The fourth-order valence-corrected chi connectivity index (χ4v) is 4.13. The first-order valence-corrected chi connectivity index (χ1v) is 10.5. The van der Waals surface area contributed by atoms with E-state index in [2.05, 4.69) is 4.98 Å². The van der Waals surface area contributed by atoms with Gasteiger partial charge in [0.2, 0.25) is 0 Å². The lowest BCUT2D eigenvalue weighted by Crippen LogP contribution is -2.37. The fraction of sp³-hybridized carbons (Fsp3) is 0.400. The number of ether oxygens (including phenoxy) is 4. The Bertz CT molecular complexity index is 1020. The van der Waals surface area contributed by atoms with E-state index in [1.54, 1.807) is 34.6 Å². The van der Waals surface area contributed by atoms with E-state index in [-0.39, 0.29) is 5.78 Å². The van der Waals surface area contributed by atoms with Gasteiger partial charge in [-0.3, -0.25) is 9.78 Å². The van der Waals surface area contributed by atoms with E-state index >= 15 is 0 Å². The molecule has 32 heavy (non-hydrogen) atoms. The number of nitrogens with zero attached hydrogens (tertiary/aromatic N) is 1. The molecular formula is C25H29NO6. The number of unbranched alkanes of at least 4 members (excludes halogenated alkanes) is 2. The summed E-state index contributed by atoms with van der Waals surface area (Å²) < 4.78 is 22.7. The fourth-order valence-electron chi connectivity index (χ4n) is 4.13. The molecule has 0 saturated carbocycles. The van der Waals surface area contributed by atoms with Gasteiger partial charge in [-0.2, -0.15) is 0 Å². The predicted molar refractivity (Wildman–Crippen MR) is 120 cm³/mol. The minimum atomic E-state index is -0.896. The van der Waals surface area contributed by atoms with Crippen LogP contribution in [0, 0.1) is 0 Å². The summed E-state index contributed by atoms with van der Waals surface area (Å²) in [6.07, 6.45) is 6.97. The van der Waals surface area contributed by atoms with E-state index < -0.39 is 5.60 Å². The topological polar surface area (TPSA) is 84.0 Å². The maximum absolute atomic E-state index is 12.8. The number of fused-ring (bicyclic) bond motifs is 1. The second kappa shape index (κ2) is 10.4. The number of rotatable bonds is 11. The first-order valence-electron chi connectivity index (χ1n) is 10.5. The number of aromatic nitrogens is 1. The zero-order valence-corrected chi connectivity index (χ0v) is 19.0. The molecule has 0 aliphatic heterocycles. The van der Waals surface area contributed by atoms with Crippen molar-refractivity contribution in [3.05, 3.63) is 58.6 Å². The summed E-state index contributed by atoms with van der Waals surface area (Å²) >= 11 is 0. The number of hydrogen-bond acceptors (Lipinski definition) is 7. The molecule has 1 aliphatic carbocycles. The number of methoxy groups -OCH3 is 4. The molecule has 3 rings (SSSR count). The summed E-state index contributed by atoms with van der Waals surface area (Å²) in [6, 6.07) is 7.53. The molecule has 7 heteroatoms. The van der Waals surface area contributed by atoms with Crippen molar-refractivity contribution in [1.29, 1.82) is 0 Å². The molecule has 170 valence electrons. The van der Waals surface area contributed by atoms with E-state index in [0.29, 0.717) is 55.1 Å². The van der Waals surface area contributed by atoms with E-state index in [1.807, 2.05) is 30.3 Å². The van der Waals surface area contributed by atoms with Crippen molar-refractivity contribution in [3.8, 4) is 11.5 Å². The minimum absolute atomic E-state index is 0.0458. The summed E-state index contributed by atoms with van der Waals surface area (Å²) in [6.45, 7) is 0. The predicted octanol–water partition coefficient (Wildman–Crippen LogP) is 4.13. The van der Waals surface area contributed by atoms with Crippen LogP contribution in [-0.2, 0) is 26.3 Å². The molecule has 0 N–H and O–H groups in total. The number of Topliss-reactive ketones (excluding diaryl/α,β-unsaturated/α-hetero) is 1. The molecule has 1 aliphatic rings. The van der Waals surface area contributed by atoms with Gasteiger partial charge in [-0.25, -0.2) is 0 Å². The quantitative estimate of drug-likeness (QED) is 0.296. The summed E-state index contributed by atoms with van der Waals surface area (Å²) in [4.78, 5) is 27.7. The van der Waals surface area contributed by atoms with Crippen LogP contribution in [0.4, 0.5) is 0 Å². The molecule has 0 radical (unpaired) electrons. The molecular weight excluding hydrogens is 410 g/mol. The third-order valence-electron chi connectivity index (χ3n) is 5.85. The molecule has 0 saturated heterocycles. The zero-order valence-electron chi connectivity index (χ0n) is 19.0. The molecule has 0 amide bonds. The Kier molecular flexibility index (Phi) is 7.64. The van der Waals surface area contributed by atoms with Crippen molar-refractivity contribution in [2.24, 2.45) is 0 Å². The Morgan fingerprint density at radius 2 is 1.84 bits per heavy atom. The summed E-state index contributed by atoms with van der Waals surface area (Å²) in [5, 5.41) is 0. The van der Waals surface area contributed by atoms with Crippen LogP contribution in [0.25, 0.3) is 6.08 Å². The van der Waals surface area contributed by atoms with E-state index in [1.165, 1.54) is 0 Å².